The largest absolute Gasteiger partial charge is 0.298 e. The molecule has 0 bridgehead atoms. The highest BCUT2D eigenvalue weighted by Crippen LogP contribution is 2.31. The van der Waals surface area contributed by atoms with Gasteiger partial charge in [0.05, 0.1) is 10.2 Å². The maximum atomic E-state index is 12.1. The fraction of sp³-hybridized carbons (Fsp3) is 0.0667. The lowest BCUT2D eigenvalue weighted by molar-refractivity contribution is 0.102. The first-order chi connectivity index (χ1) is 9.63. The first-order valence-corrected chi connectivity index (χ1v) is 7.26. The van der Waals surface area contributed by atoms with Crippen molar-refractivity contribution in [3.63, 3.8) is 0 Å². The monoisotopic (exact) mass is 302 g/mol. The van der Waals surface area contributed by atoms with Gasteiger partial charge in [-0.2, -0.15) is 0 Å². The number of carbonyl (C=O) groups excluding carboxylic acids is 1. The fourth-order valence-corrected chi connectivity index (χ4v) is 3.28. The normalized spacial score (nSPS) is 10.7. The van der Waals surface area contributed by atoms with Gasteiger partial charge in [-0.1, -0.05) is 41.1 Å². The van der Waals surface area contributed by atoms with Crippen LogP contribution in [0.15, 0.2) is 42.5 Å². The van der Waals surface area contributed by atoms with Crippen LogP contribution >= 0.6 is 22.9 Å². The summed E-state index contributed by atoms with van der Waals surface area (Å²) in [6, 6.07) is 12.8. The van der Waals surface area contributed by atoms with Crippen molar-refractivity contribution in [2.24, 2.45) is 0 Å². The second-order valence-electron chi connectivity index (χ2n) is 4.41. The van der Waals surface area contributed by atoms with E-state index in [2.05, 4.69) is 10.3 Å². The summed E-state index contributed by atoms with van der Waals surface area (Å²) in [7, 11) is 0. The number of rotatable bonds is 2. The quantitative estimate of drug-likeness (QED) is 0.756. The van der Waals surface area contributed by atoms with Crippen molar-refractivity contribution in [1.82, 2.24) is 4.98 Å². The van der Waals surface area contributed by atoms with Crippen molar-refractivity contribution in [3.8, 4) is 0 Å². The molecule has 1 amide bonds. The number of anilines is 1. The Hall–Kier alpha value is -1.91. The van der Waals surface area contributed by atoms with Gasteiger partial charge >= 0.3 is 0 Å². The molecule has 0 saturated carbocycles. The molecule has 0 fully saturated rings. The van der Waals surface area contributed by atoms with Crippen molar-refractivity contribution in [3.05, 3.63) is 58.6 Å². The number of nitrogens with zero attached hydrogens (tertiary/aromatic N) is 1. The lowest BCUT2D eigenvalue weighted by Crippen LogP contribution is -2.11. The zero-order chi connectivity index (χ0) is 14.1. The van der Waals surface area contributed by atoms with Gasteiger partial charge < -0.3 is 0 Å². The molecule has 3 rings (SSSR count). The average Bonchev–Trinajstić information content (AvgIpc) is 2.82. The Kier molecular flexibility index (Phi) is 3.42. The van der Waals surface area contributed by atoms with E-state index in [1.807, 2.05) is 37.3 Å². The van der Waals surface area contributed by atoms with Gasteiger partial charge in [-0.05, 0) is 36.8 Å². The van der Waals surface area contributed by atoms with Gasteiger partial charge in [0.2, 0.25) is 0 Å². The predicted octanol–water partition coefficient (Wildman–Crippen LogP) is 4.51. The topological polar surface area (TPSA) is 42.0 Å². The number of benzene rings is 2. The highest BCUT2D eigenvalue weighted by atomic mass is 35.5. The van der Waals surface area contributed by atoms with Gasteiger partial charge in [0.15, 0.2) is 5.13 Å². The number of fused-ring (bicyclic) bond motifs is 1. The van der Waals surface area contributed by atoms with Crippen LogP contribution < -0.4 is 5.32 Å². The van der Waals surface area contributed by atoms with Crippen molar-refractivity contribution >= 4 is 44.2 Å². The van der Waals surface area contributed by atoms with Crippen molar-refractivity contribution in [1.29, 1.82) is 0 Å². The zero-order valence-electron chi connectivity index (χ0n) is 10.7. The Balaban J connectivity index is 1.92. The number of amides is 1. The summed E-state index contributed by atoms with van der Waals surface area (Å²) in [6.45, 7) is 1.96. The van der Waals surface area contributed by atoms with Crippen LogP contribution in [-0.4, -0.2) is 10.9 Å². The highest BCUT2D eigenvalue weighted by molar-refractivity contribution is 7.22. The van der Waals surface area contributed by atoms with E-state index in [1.165, 1.54) is 11.3 Å². The van der Waals surface area contributed by atoms with Crippen LogP contribution in [0.4, 0.5) is 5.13 Å². The third-order valence-corrected chi connectivity index (χ3v) is 4.04. The average molecular weight is 303 g/mol. The third-order valence-electron chi connectivity index (χ3n) is 2.91. The summed E-state index contributed by atoms with van der Waals surface area (Å²) in [5.41, 5.74) is 2.49. The molecule has 0 saturated heterocycles. The second-order valence-corrected chi connectivity index (χ2v) is 5.88. The summed E-state index contributed by atoms with van der Waals surface area (Å²) in [5, 5.41) is 4.08. The lowest BCUT2D eigenvalue weighted by atomic mass is 10.2. The molecule has 1 N–H and O–H groups in total. The van der Waals surface area contributed by atoms with Crippen molar-refractivity contribution in [2.45, 2.75) is 6.92 Å². The second kappa shape index (κ2) is 5.23. The van der Waals surface area contributed by atoms with Gasteiger partial charge in [0, 0.05) is 10.6 Å². The van der Waals surface area contributed by atoms with Crippen molar-refractivity contribution in [2.75, 3.05) is 5.32 Å². The summed E-state index contributed by atoms with van der Waals surface area (Å²) < 4.78 is 0.971. The van der Waals surface area contributed by atoms with Crippen LogP contribution in [0.1, 0.15) is 15.9 Å². The Morgan fingerprint density at radius 2 is 2.00 bits per heavy atom. The van der Waals surface area contributed by atoms with E-state index in [0.717, 1.165) is 15.8 Å². The SMILES string of the molecule is Cc1cc(Cl)cc2sc(NC(=O)c3ccccc3)nc12. The summed E-state index contributed by atoms with van der Waals surface area (Å²) >= 11 is 7.45. The lowest BCUT2D eigenvalue weighted by Gasteiger charge is -2.00. The van der Waals surface area contributed by atoms with Gasteiger partial charge in [-0.15, -0.1) is 0 Å². The maximum Gasteiger partial charge on any atom is 0.257 e. The molecule has 3 nitrogen and oxygen atoms in total. The van der Waals surface area contributed by atoms with E-state index in [0.29, 0.717) is 15.7 Å². The van der Waals surface area contributed by atoms with Crippen LogP contribution in [0, 0.1) is 6.92 Å². The number of halogens is 1. The molecule has 3 aromatic rings. The molecular weight excluding hydrogens is 292 g/mol. The minimum absolute atomic E-state index is 0.159. The molecule has 0 unspecified atom stereocenters. The smallest absolute Gasteiger partial charge is 0.257 e. The van der Waals surface area contributed by atoms with E-state index in [9.17, 15) is 4.79 Å². The van der Waals surface area contributed by atoms with Crippen molar-refractivity contribution < 1.29 is 4.79 Å². The van der Waals surface area contributed by atoms with Gasteiger partial charge in [-0.3, -0.25) is 10.1 Å². The molecule has 5 heteroatoms. The molecule has 2 aromatic carbocycles. The van der Waals surface area contributed by atoms with E-state index in [1.54, 1.807) is 12.1 Å². The number of aromatic nitrogens is 1. The number of hydrogen-bond acceptors (Lipinski definition) is 3. The van der Waals surface area contributed by atoms with E-state index in [-0.39, 0.29) is 5.91 Å². The van der Waals surface area contributed by atoms with Crippen LogP contribution in [0.25, 0.3) is 10.2 Å². The van der Waals surface area contributed by atoms with Crippen LogP contribution in [-0.2, 0) is 0 Å². The standard InChI is InChI=1S/C15H11ClN2OS/c1-9-7-11(16)8-12-13(9)17-15(20-12)18-14(19)10-5-3-2-4-6-10/h2-8H,1H3,(H,17,18,19). The Morgan fingerprint density at radius 3 is 2.75 bits per heavy atom. The molecule has 0 radical (unpaired) electrons. The molecule has 100 valence electrons. The molecule has 0 aliphatic rings. The van der Waals surface area contributed by atoms with E-state index >= 15 is 0 Å². The Labute approximate surface area is 125 Å². The highest BCUT2D eigenvalue weighted by Gasteiger charge is 2.11. The number of nitrogens with one attached hydrogen (secondary N) is 1. The summed E-state index contributed by atoms with van der Waals surface area (Å²) in [4.78, 5) is 16.5. The summed E-state index contributed by atoms with van der Waals surface area (Å²) in [6.07, 6.45) is 0. The van der Waals surface area contributed by atoms with E-state index in [4.69, 9.17) is 11.6 Å². The fourth-order valence-electron chi connectivity index (χ4n) is 1.97. The zero-order valence-corrected chi connectivity index (χ0v) is 12.3. The Bertz CT molecular complexity index is 783. The maximum absolute atomic E-state index is 12.1. The first-order valence-electron chi connectivity index (χ1n) is 6.06. The molecule has 1 aromatic heterocycles. The molecule has 0 spiro atoms. The molecule has 1 heterocycles. The third kappa shape index (κ3) is 2.53. The molecule has 0 aliphatic carbocycles. The first kappa shape index (κ1) is 13.1. The number of carbonyl (C=O) groups is 1. The van der Waals surface area contributed by atoms with Gasteiger partial charge in [0.1, 0.15) is 0 Å². The van der Waals surface area contributed by atoms with Crippen LogP contribution in [0.3, 0.4) is 0 Å². The van der Waals surface area contributed by atoms with Gasteiger partial charge in [-0.25, -0.2) is 4.98 Å². The number of hydrogen-bond donors (Lipinski definition) is 1. The van der Waals surface area contributed by atoms with Gasteiger partial charge in [0.25, 0.3) is 5.91 Å². The Morgan fingerprint density at radius 1 is 1.25 bits per heavy atom. The summed E-state index contributed by atoms with van der Waals surface area (Å²) in [5.74, 6) is -0.159. The predicted molar refractivity (Wildman–Crippen MR) is 83.8 cm³/mol. The van der Waals surface area contributed by atoms with E-state index < -0.39 is 0 Å². The number of aryl methyl sites for hydroxylation is 1. The molecule has 0 atom stereocenters. The molecule has 0 aliphatic heterocycles. The van der Waals surface area contributed by atoms with Crippen LogP contribution in [0.5, 0.6) is 0 Å². The molecular formula is C15H11ClN2OS. The minimum atomic E-state index is -0.159. The molecule has 20 heavy (non-hydrogen) atoms. The number of thiazole rings is 1. The minimum Gasteiger partial charge on any atom is -0.298 e. The van der Waals surface area contributed by atoms with Crippen LogP contribution in [0.2, 0.25) is 5.02 Å².